The molecule has 4 rings (SSSR count). The summed E-state index contributed by atoms with van der Waals surface area (Å²) in [5.74, 6) is 2.35. The van der Waals surface area contributed by atoms with E-state index in [0.717, 1.165) is 57.2 Å². The number of likely N-dealkylation sites (tertiary alicyclic amines) is 1. The number of hydrogen-bond donors (Lipinski definition) is 0. The first kappa shape index (κ1) is 17.1. The number of amides is 1. The van der Waals surface area contributed by atoms with Gasteiger partial charge < -0.3 is 18.8 Å². The summed E-state index contributed by atoms with van der Waals surface area (Å²) in [4.78, 5) is 15.0. The van der Waals surface area contributed by atoms with E-state index in [2.05, 4.69) is 0 Å². The molecule has 1 amide bonds. The Morgan fingerprint density at radius 3 is 2.92 bits per heavy atom. The number of carbonyl (C=O) groups excluding carboxylic acids is 1. The maximum Gasteiger partial charge on any atom is 0.257 e. The molecule has 0 unspecified atom stereocenters. The Balaban J connectivity index is 1.48. The number of rotatable bonds is 5. The van der Waals surface area contributed by atoms with E-state index in [1.54, 1.807) is 0 Å². The number of hydrogen-bond acceptors (Lipinski definition) is 4. The van der Waals surface area contributed by atoms with Crippen LogP contribution >= 0.6 is 0 Å². The van der Waals surface area contributed by atoms with Gasteiger partial charge in [0, 0.05) is 31.7 Å². The quantitative estimate of drug-likeness (QED) is 0.820. The normalized spacial score (nSPS) is 29.5. The number of fused-ring (bicyclic) bond motifs is 1. The van der Waals surface area contributed by atoms with Crippen LogP contribution in [0.15, 0.2) is 10.5 Å². The monoisotopic (exact) mass is 347 g/mol. The Bertz CT molecular complexity index is 636. The lowest BCUT2D eigenvalue weighted by atomic mass is 9.73. The Labute approximate surface area is 149 Å². The molecule has 0 aromatic carbocycles. The second-order valence-electron chi connectivity index (χ2n) is 8.13. The van der Waals surface area contributed by atoms with Crippen LogP contribution in [0.5, 0.6) is 0 Å². The molecule has 5 nitrogen and oxygen atoms in total. The first-order valence-electron chi connectivity index (χ1n) is 9.63. The molecule has 0 N–H and O–H groups in total. The molecule has 3 heterocycles. The predicted octanol–water partition coefficient (Wildman–Crippen LogP) is 3.33. The van der Waals surface area contributed by atoms with Crippen molar-refractivity contribution in [1.82, 2.24) is 4.90 Å². The van der Waals surface area contributed by atoms with Crippen LogP contribution < -0.4 is 0 Å². The molecule has 1 aromatic heterocycles. The van der Waals surface area contributed by atoms with Crippen molar-refractivity contribution >= 4 is 5.91 Å². The fraction of sp³-hybridized carbons (Fsp3) is 0.750. The maximum atomic E-state index is 13.0. The third kappa shape index (κ3) is 3.49. The SMILES string of the molecule is Cc1cc(C(=O)N2CC[C@H]3OCCC[C@]3(COCC3CC3)C2)c(C)o1. The second-order valence-corrected chi connectivity index (χ2v) is 8.13. The van der Waals surface area contributed by atoms with Crippen LogP contribution in [-0.2, 0) is 9.47 Å². The van der Waals surface area contributed by atoms with Gasteiger partial charge in [0.15, 0.2) is 0 Å². The maximum absolute atomic E-state index is 13.0. The van der Waals surface area contributed by atoms with E-state index in [4.69, 9.17) is 13.9 Å². The van der Waals surface area contributed by atoms with E-state index in [0.29, 0.717) is 17.9 Å². The van der Waals surface area contributed by atoms with E-state index < -0.39 is 0 Å². The van der Waals surface area contributed by atoms with Crippen LogP contribution in [-0.4, -0.2) is 49.8 Å². The minimum absolute atomic E-state index is 0.0479. The first-order valence-corrected chi connectivity index (χ1v) is 9.63. The highest BCUT2D eigenvalue weighted by Crippen LogP contribution is 2.41. The molecule has 3 fully saturated rings. The predicted molar refractivity (Wildman–Crippen MR) is 93.7 cm³/mol. The summed E-state index contributed by atoms with van der Waals surface area (Å²) in [6.45, 7) is 7.64. The lowest BCUT2D eigenvalue weighted by Crippen LogP contribution is -2.58. The van der Waals surface area contributed by atoms with Gasteiger partial charge in [-0.05, 0) is 57.9 Å². The average molecular weight is 347 g/mol. The van der Waals surface area contributed by atoms with Crippen molar-refractivity contribution in [2.24, 2.45) is 11.3 Å². The van der Waals surface area contributed by atoms with Gasteiger partial charge in [-0.3, -0.25) is 4.79 Å². The van der Waals surface area contributed by atoms with Gasteiger partial charge in [-0.2, -0.15) is 0 Å². The molecular weight excluding hydrogens is 318 g/mol. The van der Waals surface area contributed by atoms with Gasteiger partial charge in [-0.15, -0.1) is 0 Å². The van der Waals surface area contributed by atoms with Gasteiger partial charge >= 0.3 is 0 Å². The molecule has 3 aliphatic rings. The molecule has 1 aliphatic carbocycles. The summed E-state index contributed by atoms with van der Waals surface area (Å²) >= 11 is 0. The van der Waals surface area contributed by atoms with Gasteiger partial charge in [-0.1, -0.05) is 0 Å². The highest BCUT2D eigenvalue weighted by Gasteiger charge is 2.47. The fourth-order valence-electron chi connectivity index (χ4n) is 4.40. The van der Waals surface area contributed by atoms with Crippen LogP contribution in [0.3, 0.4) is 0 Å². The molecule has 0 spiro atoms. The molecule has 138 valence electrons. The third-order valence-corrected chi connectivity index (χ3v) is 5.99. The standard InChI is InChI=1S/C20H29NO4/c1-14-10-17(15(2)25-14)19(22)21-8-6-18-20(12-21,7-3-9-24-18)13-23-11-16-4-5-16/h10,16,18H,3-9,11-13H2,1-2H3/t18-,20-/m1/s1. The van der Waals surface area contributed by atoms with Crippen molar-refractivity contribution in [2.75, 3.05) is 32.9 Å². The molecule has 25 heavy (non-hydrogen) atoms. The van der Waals surface area contributed by atoms with Crippen molar-refractivity contribution < 1.29 is 18.7 Å². The number of nitrogens with zero attached hydrogens (tertiary/aromatic N) is 1. The zero-order valence-corrected chi connectivity index (χ0v) is 15.4. The minimum Gasteiger partial charge on any atom is -0.466 e. The molecule has 2 atom stereocenters. The van der Waals surface area contributed by atoms with Crippen molar-refractivity contribution in [2.45, 2.75) is 52.1 Å². The lowest BCUT2D eigenvalue weighted by molar-refractivity contribution is -0.147. The van der Waals surface area contributed by atoms with Crippen molar-refractivity contribution in [3.8, 4) is 0 Å². The van der Waals surface area contributed by atoms with Gasteiger partial charge in [-0.25, -0.2) is 0 Å². The van der Waals surface area contributed by atoms with Gasteiger partial charge in [0.2, 0.25) is 0 Å². The van der Waals surface area contributed by atoms with Gasteiger partial charge in [0.05, 0.1) is 18.3 Å². The molecule has 2 saturated heterocycles. The summed E-state index contributed by atoms with van der Waals surface area (Å²) < 4.78 is 17.7. The van der Waals surface area contributed by atoms with E-state index >= 15 is 0 Å². The van der Waals surface area contributed by atoms with Crippen molar-refractivity contribution in [3.63, 3.8) is 0 Å². The molecule has 5 heteroatoms. The van der Waals surface area contributed by atoms with E-state index in [-0.39, 0.29) is 17.4 Å². The van der Waals surface area contributed by atoms with Crippen LogP contribution in [0.2, 0.25) is 0 Å². The summed E-state index contributed by atoms with van der Waals surface area (Å²) in [7, 11) is 0. The largest absolute Gasteiger partial charge is 0.466 e. The molecule has 0 radical (unpaired) electrons. The summed E-state index contributed by atoms with van der Waals surface area (Å²) in [5, 5.41) is 0. The van der Waals surface area contributed by atoms with Crippen molar-refractivity contribution in [3.05, 3.63) is 23.2 Å². The number of ether oxygens (including phenoxy) is 2. The first-order chi connectivity index (χ1) is 12.1. The number of furan rings is 1. The number of carbonyl (C=O) groups is 1. The minimum atomic E-state index is -0.0479. The Hall–Kier alpha value is -1.33. The summed E-state index contributed by atoms with van der Waals surface area (Å²) in [6.07, 6.45) is 5.85. The fourth-order valence-corrected chi connectivity index (χ4v) is 4.40. The molecular formula is C20H29NO4. The Morgan fingerprint density at radius 2 is 2.20 bits per heavy atom. The Morgan fingerprint density at radius 1 is 1.36 bits per heavy atom. The number of aryl methyl sites for hydroxylation is 2. The van der Waals surface area contributed by atoms with E-state index in [1.165, 1.54) is 12.8 Å². The van der Waals surface area contributed by atoms with Gasteiger partial charge in [0.1, 0.15) is 11.5 Å². The topological polar surface area (TPSA) is 51.9 Å². The van der Waals surface area contributed by atoms with E-state index in [1.807, 2.05) is 24.8 Å². The van der Waals surface area contributed by atoms with E-state index in [9.17, 15) is 4.79 Å². The molecule has 0 bridgehead atoms. The van der Waals surface area contributed by atoms with Crippen LogP contribution in [0.4, 0.5) is 0 Å². The van der Waals surface area contributed by atoms with Crippen LogP contribution in [0, 0.1) is 25.2 Å². The van der Waals surface area contributed by atoms with Gasteiger partial charge in [0.25, 0.3) is 5.91 Å². The second kappa shape index (κ2) is 6.76. The molecule has 1 aromatic rings. The average Bonchev–Trinajstić information content (AvgIpc) is 3.36. The zero-order valence-electron chi connectivity index (χ0n) is 15.4. The van der Waals surface area contributed by atoms with Crippen LogP contribution in [0.25, 0.3) is 0 Å². The van der Waals surface area contributed by atoms with Crippen molar-refractivity contribution in [1.29, 1.82) is 0 Å². The highest BCUT2D eigenvalue weighted by atomic mass is 16.5. The summed E-state index contributed by atoms with van der Waals surface area (Å²) in [6, 6.07) is 1.86. The third-order valence-electron chi connectivity index (χ3n) is 5.99. The zero-order chi connectivity index (χ0) is 17.4. The molecule has 1 saturated carbocycles. The summed E-state index contributed by atoms with van der Waals surface area (Å²) in [5.41, 5.74) is 0.648. The Kier molecular flexibility index (Phi) is 4.63. The number of piperidine rings is 1. The van der Waals surface area contributed by atoms with Crippen LogP contribution in [0.1, 0.15) is 54.0 Å². The lowest BCUT2D eigenvalue weighted by Gasteiger charge is -2.50. The smallest absolute Gasteiger partial charge is 0.257 e. The molecule has 2 aliphatic heterocycles. The highest BCUT2D eigenvalue weighted by molar-refractivity contribution is 5.95.